The quantitative estimate of drug-likeness (QED) is 0.637. The van der Waals surface area contributed by atoms with Gasteiger partial charge in [-0.2, -0.15) is 0 Å². The lowest BCUT2D eigenvalue weighted by atomic mass is 10.1. The first-order chi connectivity index (χ1) is 8.76. The van der Waals surface area contributed by atoms with E-state index in [9.17, 15) is 0 Å². The Kier molecular flexibility index (Phi) is 2.88. The molecule has 2 heteroatoms. The molecule has 1 nitrogen and oxygen atoms in total. The van der Waals surface area contributed by atoms with Gasteiger partial charge in [0.15, 0.2) is 0 Å². The molecule has 90 valence electrons. The van der Waals surface area contributed by atoms with Gasteiger partial charge in [0.2, 0.25) is 0 Å². The van der Waals surface area contributed by atoms with Gasteiger partial charge in [0, 0.05) is 5.56 Å². The number of rotatable bonds is 2. The molecule has 18 heavy (non-hydrogen) atoms. The summed E-state index contributed by atoms with van der Waals surface area (Å²) in [5.41, 5.74) is 4.97. The van der Waals surface area contributed by atoms with Crippen molar-refractivity contribution in [3.8, 4) is 10.6 Å². The van der Waals surface area contributed by atoms with Crippen LogP contribution in [0.25, 0.3) is 20.8 Å². The van der Waals surface area contributed by atoms with Gasteiger partial charge in [-0.3, -0.25) is 0 Å². The molecule has 1 aromatic heterocycles. The Labute approximate surface area is 111 Å². The fraction of sp³-hybridized carbons (Fsp3) is 0.188. The second kappa shape index (κ2) is 4.54. The maximum absolute atomic E-state index is 4.71. The van der Waals surface area contributed by atoms with Gasteiger partial charge in [-0.05, 0) is 31.0 Å². The van der Waals surface area contributed by atoms with Crippen molar-refractivity contribution in [1.82, 2.24) is 4.98 Å². The van der Waals surface area contributed by atoms with E-state index in [1.165, 1.54) is 21.4 Å². The minimum Gasteiger partial charge on any atom is -0.236 e. The molecule has 0 fully saturated rings. The zero-order chi connectivity index (χ0) is 12.5. The molecular weight excluding hydrogens is 238 g/mol. The van der Waals surface area contributed by atoms with E-state index in [0.29, 0.717) is 0 Å². The number of thiazole rings is 1. The van der Waals surface area contributed by atoms with Gasteiger partial charge in [-0.25, -0.2) is 4.98 Å². The first kappa shape index (κ1) is 11.4. The Morgan fingerprint density at radius 2 is 1.83 bits per heavy atom. The number of aryl methyl sites for hydroxylation is 2. The van der Waals surface area contributed by atoms with Crippen LogP contribution in [0.3, 0.4) is 0 Å². The van der Waals surface area contributed by atoms with E-state index in [1.54, 1.807) is 11.3 Å². The number of nitrogens with zero attached hydrogens (tertiary/aromatic N) is 1. The summed E-state index contributed by atoms with van der Waals surface area (Å²) < 4.78 is 1.28. The molecule has 0 aliphatic rings. The topological polar surface area (TPSA) is 12.9 Å². The summed E-state index contributed by atoms with van der Waals surface area (Å²) in [5.74, 6) is 0. The van der Waals surface area contributed by atoms with Gasteiger partial charge < -0.3 is 0 Å². The molecule has 0 amide bonds. The van der Waals surface area contributed by atoms with Crippen LogP contribution in [0.5, 0.6) is 0 Å². The Balaban J connectivity index is 2.10. The molecule has 2 aromatic carbocycles. The molecular formula is C16H15NS. The van der Waals surface area contributed by atoms with Crippen molar-refractivity contribution in [2.45, 2.75) is 20.3 Å². The zero-order valence-corrected chi connectivity index (χ0v) is 11.4. The third-order valence-electron chi connectivity index (χ3n) is 3.16. The summed E-state index contributed by atoms with van der Waals surface area (Å²) in [6.07, 6.45) is 1.08. The van der Waals surface area contributed by atoms with E-state index in [2.05, 4.69) is 56.3 Å². The highest BCUT2D eigenvalue weighted by Gasteiger charge is 2.06. The second-order valence-corrected chi connectivity index (χ2v) is 5.57. The van der Waals surface area contributed by atoms with Crippen LogP contribution in [0.4, 0.5) is 0 Å². The number of hydrogen-bond acceptors (Lipinski definition) is 2. The van der Waals surface area contributed by atoms with Crippen molar-refractivity contribution in [2.75, 3.05) is 0 Å². The van der Waals surface area contributed by atoms with Crippen LogP contribution in [0.2, 0.25) is 0 Å². The highest BCUT2D eigenvalue weighted by Crippen LogP contribution is 2.30. The molecule has 0 atom stereocenters. The van der Waals surface area contributed by atoms with Gasteiger partial charge >= 0.3 is 0 Å². The van der Waals surface area contributed by atoms with Crippen molar-refractivity contribution in [1.29, 1.82) is 0 Å². The highest BCUT2D eigenvalue weighted by molar-refractivity contribution is 7.21. The van der Waals surface area contributed by atoms with Gasteiger partial charge in [0.05, 0.1) is 10.2 Å². The summed E-state index contributed by atoms with van der Waals surface area (Å²) >= 11 is 1.77. The molecule has 0 saturated carbocycles. The lowest BCUT2D eigenvalue weighted by Gasteiger charge is -1.95. The second-order valence-electron chi connectivity index (χ2n) is 4.54. The van der Waals surface area contributed by atoms with E-state index in [0.717, 1.165) is 16.9 Å². The molecule has 0 aliphatic carbocycles. The van der Waals surface area contributed by atoms with Crippen molar-refractivity contribution in [2.24, 2.45) is 0 Å². The molecule has 0 unspecified atom stereocenters. The van der Waals surface area contributed by atoms with Crippen molar-refractivity contribution in [3.63, 3.8) is 0 Å². The van der Waals surface area contributed by atoms with Crippen LogP contribution in [-0.2, 0) is 6.42 Å². The van der Waals surface area contributed by atoms with Gasteiger partial charge in [0.1, 0.15) is 5.01 Å². The van der Waals surface area contributed by atoms with Gasteiger partial charge in [-0.1, -0.05) is 42.8 Å². The number of benzene rings is 2. The average molecular weight is 253 g/mol. The van der Waals surface area contributed by atoms with Crippen molar-refractivity contribution < 1.29 is 0 Å². The first-order valence-corrected chi connectivity index (χ1v) is 7.04. The molecule has 3 rings (SSSR count). The minimum absolute atomic E-state index is 1.08. The zero-order valence-electron chi connectivity index (χ0n) is 10.6. The number of hydrogen-bond donors (Lipinski definition) is 0. The highest BCUT2D eigenvalue weighted by atomic mass is 32.1. The maximum Gasteiger partial charge on any atom is 0.124 e. The van der Waals surface area contributed by atoms with E-state index in [1.807, 2.05) is 0 Å². The minimum atomic E-state index is 1.08. The van der Waals surface area contributed by atoms with Crippen LogP contribution in [0, 0.1) is 6.92 Å². The fourth-order valence-electron chi connectivity index (χ4n) is 2.01. The monoisotopic (exact) mass is 253 g/mol. The number of aromatic nitrogens is 1. The van der Waals surface area contributed by atoms with Gasteiger partial charge in [0.25, 0.3) is 0 Å². The molecule has 0 spiro atoms. The van der Waals surface area contributed by atoms with Crippen molar-refractivity contribution in [3.05, 3.63) is 53.6 Å². The predicted molar refractivity (Wildman–Crippen MR) is 79.2 cm³/mol. The summed E-state index contributed by atoms with van der Waals surface area (Å²) in [7, 11) is 0. The summed E-state index contributed by atoms with van der Waals surface area (Å²) in [6.45, 7) is 4.29. The van der Waals surface area contributed by atoms with Crippen LogP contribution in [-0.4, -0.2) is 4.98 Å². The Hall–Kier alpha value is -1.67. The molecule has 0 bridgehead atoms. The van der Waals surface area contributed by atoms with Crippen LogP contribution < -0.4 is 0 Å². The Morgan fingerprint density at radius 3 is 2.56 bits per heavy atom. The molecule has 0 aliphatic heterocycles. The molecule has 3 aromatic rings. The summed E-state index contributed by atoms with van der Waals surface area (Å²) in [4.78, 5) is 4.71. The molecule has 0 N–H and O–H groups in total. The Morgan fingerprint density at radius 1 is 1.06 bits per heavy atom. The normalized spacial score (nSPS) is 11.0. The summed E-state index contributed by atoms with van der Waals surface area (Å²) in [5, 5.41) is 1.11. The number of fused-ring (bicyclic) bond motifs is 1. The Bertz CT molecular complexity index is 680. The van der Waals surface area contributed by atoms with Crippen LogP contribution in [0.1, 0.15) is 18.1 Å². The fourth-order valence-corrected chi connectivity index (χ4v) is 3.04. The lowest BCUT2D eigenvalue weighted by molar-refractivity contribution is 1.15. The van der Waals surface area contributed by atoms with Crippen molar-refractivity contribution >= 4 is 21.6 Å². The van der Waals surface area contributed by atoms with Crippen LogP contribution >= 0.6 is 11.3 Å². The average Bonchev–Trinajstić information content (AvgIpc) is 2.82. The van der Waals surface area contributed by atoms with E-state index >= 15 is 0 Å². The molecule has 0 radical (unpaired) electrons. The lowest BCUT2D eigenvalue weighted by Crippen LogP contribution is -1.78. The maximum atomic E-state index is 4.71. The predicted octanol–water partition coefficient (Wildman–Crippen LogP) is 4.83. The molecule has 1 heterocycles. The third kappa shape index (κ3) is 2.04. The third-order valence-corrected chi connectivity index (χ3v) is 4.23. The smallest absolute Gasteiger partial charge is 0.124 e. The van der Waals surface area contributed by atoms with Crippen LogP contribution in [0.15, 0.2) is 42.5 Å². The summed E-state index contributed by atoms with van der Waals surface area (Å²) in [6, 6.07) is 15.1. The molecule has 0 saturated heterocycles. The van der Waals surface area contributed by atoms with Gasteiger partial charge in [-0.15, -0.1) is 11.3 Å². The van der Waals surface area contributed by atoms with E-state index in [-0.39, 0.29) is 0 Å². The standard InChI is InChI=1S/C16H15NS/c1-3-12-6-9-14-15(10-12)18-16(17-14)13-7-4-11(2)5-8-13/h4-10H,3H2,1-2H3. The van der Waals surface area contributed by atoms with E-state index < -0.39 is 0 Å². The van der Waals surface area contributed by atoms with E-state index in [4.69, 9.17) is 4.98 Å². The SMILES string of the molecule is CCc1ccc2nc(-c3ccc(C)cc3)sc2c1. The first-order valence-electron chi connectivity index (χ1n) is 6.23. The largest absolute Gasteiger partial charge is 0.236 e.